The first-order chi connectivity index (χ1) is 8.19. The molecule has 0 radical (unpaired) electrons. The number of nitrogens with one attached hydrogen (secondary N) is 1. The van der Waals surface area contributed by atoms with Gasteiger partial charge in [0.25, 0.3) is 0 Å². The average Bonchev–Trinajstić information content (AvgIpc) is 2.95. The molecule has 2 aromatic rings. The zero-order valence-corrected chi connectivity index (χ0v) is 11.0. The molecule has 0 spiro atoms. The first kappa shape index (κ1) is 12.0. The van der Waals surface area contributed by atoms with E-state index in [1.165, 1.54) is 0 Å². The van der Waals surface area contributed by atoms with Crippen molar-refractivity contribution < 1.29 is 4.52 Å². The molecule has 0 saturated carbocycles. The van der Waals surface area contributed by atoms with E-state index in [4.69, 9.17) is 4.52 Å². The van der Waals surface area contributed by atoms with Crippen molar-refractivity contribution in [3.63, 3.8) is 0 Å². The molecule has 0 aliphatic carbocycles. The van der Waals surface area contributed by atoms with E-state index in [1.807, 2.05) is 19.2 Å². The highest BCUT2D eigenvalue weighted by Crippen LogP contribution is 2.14. The first-order valence-corrected chi connectivity index (χ1v) is 6.57. The van der Waals surface area contributed by atoms with Gasteiger partial charge in [0, 0.05) is 11.3 Å². The highest BCUT2D eigenvalue weighted by molar-refractivity contribution is 7.09. The van der Waals surface area contributed by atoms with Crippen LogP contribution in [0.2, 0.25) is 0 Å². The lowest BCUT2D eigenvalue weighted by atomic mass is 10.2. The van der Waals surface area contributed by atoms with E-state index >= 15 is 0 Å². The molecule has 0 unspecified atom stereocenters. The van der Waals surface area contributed by atoms with Crippen LogP contribution < -0.4 is 5.32 Å². The van der Waals surface area contributed by atoms with E-state index < -0.39 is 0 Å². The highest BCUT2D eigenvalue weighted by Gasteiger charge is 2.09. The van der Waals surface area contributed by atoms with E-state index in [0.717, 1.165) is 22.9 Å². The number of hydrogen-bond acceptors (Lipinski definition) is 6. The third-order valence-electron chi connectivity index (χ3n) is 2.28. The minimum atomic E-state index is 0.278. The van der Waals surface area contributed by atoms with Crippen LogP contribution in [-0.4, -0.2) is 15.1 Å². The van der Waals surface area contributed by atoms with E-state index in [-0.39, 0.29) is 5.92 Å². The Bertz CT molecular complexity index is 477. The number of rotatable bonds is 5. The zero-order valence-electron chi connectivity index (χ0n) is 10.2. The Labute approximate surface area is 104 Å². The normalized spacial score (nSPS) is 11.1. The van der Waals surface area contributed by atoms with Crippen molar-refractivity contribution in [1.82, 2.24) is 15.1 Å². The average molecular weight is 252 g/mol. The monoisotopic (exact) mass is 252 g/mol. The Morgan fingerprint density at radius 2 is 2.24 bits per heavy atom. The molecule has 0 aliphatic rings. The summed E-state index contributed by atoms with van der Waals surface area (Å²) >= 11 is 1.68. The molecule has 1 N–H and O–H groups in total. The molecule has 92 valence electrons. The van der Waals surface area contributed by atoms with Crippen molar-refractivity contribution in [2.45, 2.75) is 39.7 Å². The van der Waals surface area contributed by atoms with Gasteiger partial charge < -0.3 is 9.84 Å². The molecule has 2 rings (SSSR count). The maximum Gasteiger partial charge on any atom is 0.321 e. The summed E-state index contributed by atoms with van der Waals surface area (Å²) in [5, 5.41) is 10.2. The Morgan fingerprint density at radius 3 is 2.82 bits per heavy atom. The molecule has 0 saturated heterocycles. The summed E-state index contributed by atoms with van der Waals surface area (Å²) in [4.78, 5) is 8.69. The fraction of sp³-hybridized carbons (Fsp3) is 0.545. The van der Waals surface area contributed by atoms with Crippen molar-refractivity contribution in [2.75, 3.05) is 5.32 Å². The molecular weight excluding hydrogens is 236 g/mol. The molecule has 17 heavy (non-hydrogen) atoms. The van der Waals surface area contributed by atoms with Gasteiger partial charge in [-0.3, -0.25) is 0 Å². The lowest BCUT2D eigenvalue weighted by Gasteiger charge is -1.96. The Balaban J connectivity index is 1.92. The van der Waals surface area contributed by atoms with Gasteiger partial charge in [-0.25, -0.2) is 4.98 Å². The number of aryl methyl sites for hydroxylation is 1. The van der Waals surface area contributed by atoms with Crippen molar-refractivity contribution >= 4 is 17.4 Å². The van der Waals surface area contributed by atoms with Crippen molar-refractivity contribution in [3.8, 4) is 0 Å². The second-order valence-electron chi connectivity index (χ2n) is 4.05. The molecule has 0 aliphatic heterocycles. The van der Waals surface area contributed by atoms with Gasteiger partial charge in [-0.05, 0) is 6.42 Å². The molecule has 0 amide bonds. The number of thiazole rings is 1. The van der Waals surface area contributed by atoms with E-state index in [0.29, 0.717) is 12.6 Å². The third-order valence-corrected chi connectivity index (χ3v) is 3.32. The number of nitrogens with zero attached hydrogens (tertiary/aromatic N) is 3. The molecule has 2 aromatic heterocycles. The number of hydrogen-bond donors (Lipinski definition) is 1. The summed E-state index contributed by atoms with van der Waals surface area (Å²) in [6, 6.07) is 0.458. The summed E-state index contributed by atoms with van der Waals surface area (Å²) in [7, 11) is 0. The minimum absolute atomic E-state index is 0.278. The fourth-order valence-electron chi connectivity index (χ4n) is 1.30. The van der Waals surface area contributed by atoms with Crippen LogP contribution in [0.4, 0.5) is 6.01 Å². The highest BCUT2D eigenvalue weighted by atomic mass is 32.1. The van der Waals surface area contributed by atoms with E-state index in [1.54, 1.807) is 11.3 Å². The smallest absolute Gasteiger partial charge is 0.321 e. The Morgan fingerprint density at radius 1 is 1.41 bits per heavy atom. The maximum atomic E-state index is 5.08. The van der Waals surface area contributed by atoms with Crippen molar-refractivity contribution in [3.05, 3.63) is 21.9 Å². The quantitative estimate of drug-likeness (QED) is 0.886. The van der Waals surface area contributed by atoms with Gasteiger partial charge in [0.2, 0.25) is 0 Å². The van der Waals surface area contributed by atoms with Crippen LogP contribution in [0.5, 0.6) is 0 Å². The van der Waals surface area contributed by atoms with Gasteiger partial charge in [0.15, 0.2) is 5.82 Å². The van der Waals surface area contributed by atoms with Crippen LogP contribution in [0.15, 0.2) is 9.90 Å². The van der Waals surface area contributed by atoms with E-state index in [2.05, 4.69) is 27.4 Å². The van der Waals surface area contributed by atoms with Crippen LogP contribution in [0.3, 0.4) is 0 Å². The molecular formula is C11H16N4OS. The van der Waals surface area contributed by atoms with Crippen LogP contribution in [0, 0.1) is 0 Å². The molecule has 2 heterocycles. The Hall–Kier alpha value is -1.43. The van der Waals surface area contributed by atoms with Crippen LogP contribution in [0.25, 0.3) is 0 Å². The van der Waals surface area contributed by atoms with Gasteiger partial charge in [-0.2, -0.15) is 4.98 Å². The fourth-order valence-corrected chi connectivity index (χ4v) is 2.04. The topological polar surface area (TPSA) is 63.8 Å². The molecule has 0 fully saturated rings. The van der Waals surface area contributed by atoms with Gasteiger partial charge in [0.05, 0.1) is 17.2 Å². The maximum absolute atomic E-state index is 5.08. The molecule has 0 atom stereocenters. The second-order valence-corrected chi connectivity index (χ2v) is 4.99. The SMILES string of the molecule is CCc1nc(CNc2nc(C(C)C)no2)cs1. The summed E-state index contributed by atoms with van der Waals surface area (Å²) in [5.41, 5.74) is 1.01. The lowest BCUT2D eigenvalue weighted by Crippen LogP contribution is -2.00. The first-order valence-electron chi connectivity index (χ1n) is 5.69. The van der Waals surface area contributed by atoms with Crippen molar-refractivity contribution in [1.29, 1.82) is 0 Å². The van der Waals surface area contributed by atoms with Crippen LogP contribution in [0.1, 0.15) is 43.2 Å². The summed E-state index contributed by atoms with van der Waals surface area (Å²) in [5.74, 6) is 1.00. The standard InChI is InChI=1S/C11H16N4OS/c1-4-9-13-8(6-17-9)5-12-11-14-10(7(2)3)15-16-11/h6-7H,4-5H2,1-3H3,(H,12,14,15). The second kappa shape index (κ2) is 5.27. The van der Waals surface area contributed by atoms with Gasteiger partial charge in [-0.1, -0.05) is 25.9 Å². The predicted octanol–water partition coefficient (Wildman–Crippen LogP) is 2.82. The zero-order chi connectivity index (χ0) is 12.3. The lowest BCUT2D eigenvalue weighted by molar-refractivity contribution is 0.419. The van der Waals surface area contributed by atoms with Gasteiger partial charge >= 0.3 is 6.01 Å². The molecule has 6 heteroatoms. The van der Waals surface area contributed by atoms with Crippen LogP contribution >= 0.6 is 11.3 Å². The summed E-state index contributed by atoms with van der Waals surface area (Å²) < 4.78 is 5.08. The predicted molar refractivity (Wildman–Crippen MR) is 67.2 cm³/mol. The molecule has 5 nitrogen and oxygen atoms in total. The van der Waals surface area contributed by atoms with E-state index in [9.17, 15) is 0 Å². The summed E-state index contributed by atoms with van der Waals surface area (Å²) in [6.07, 6.45) is 0.975. The van der Waals surface area contributed by atoms with Crippen LogP contribution in [-0.2, 0) is 13.0 Å². The molecule has 0 aromatic carbocycles. The number of aromatic nitrogens is 3. The molecule has 0 bridgehead atoms. The van der Waals surface area contributed by atoms with Crippen molar-refractivity contribution in [2.24, 2.45) is 0 Å². The van der Waals surface area contributed by atoms with Gasteiger partial charge in [0.1, 0.15) is 0 Å². The number of anilines is 1. The third kappa shape index (κ3) is 3.03. The Kier molecular flexibility index (Phi) is 3.73. The minimum Gasteiger partial charge on any atom is -0.332 e. The summed E-state index contributed by atoms with van der Waals surface area (Å²) in [6.45, 7) is 6.78. The van der Waals surface area contributed by atoms with Gasteiger partial charge in [-0.15, -0.1) is 11.3 Å². The largest absolute Gasteiger partial charge is 0.332 e.